The van der Waals surface area contributed by atoms with Gasteiger partial charge in [-0.05, 0) is 56.8 Å². The molecular formula is C22H24Cl2N4O2. The highest BCUT2D eigenvalue weighted by molar-refractivity contribution is 6.31. The number of carbonyl (C=O) groups excluding carboxylic acids is 1. The summed E-state index contributed by atoms with van der Waals surface area (Å²) in [5.41, 5.74) is 0.852. The third-order valence-corrected chi connectivity index (χ3v) is 4.97. The van der Waals surface area contributed by atoms with Crippen molar-refractivity contribution < 1.29 is 9.53 Å². The first-order valence-electron chi connectivity index (χ1n) is 9.72. The molecule has 0 radical (unpaired) electrons. The number of nitrogens with zero attached hydrogens (tertiary/aromatic N) is 3. The zero-order chi connectivity index (χ0) is 21.7. The Morgan fingerprint density at radius 1 is 1.27 bits per heavy atom. The SMILES string of the molecule is CC(C)(C)OC(=O)N1CCC(CNc2nc(Cl)ncc2C#Cc2ccccc2Cl)C1. The molecule has 1 aromatic heterocycles. The van der Waals surface area contributed by atoms with Gasteiger partial charge in [0.2, 0.25) is 5.28 Å². The lowest BCUT2D eigenvalue weighted by molar-refractivity contribution is 0.0289. The molecule has 1 aliphatic rings. The monoisotopic (exact) mass is 446 g/mol. The van der Waals surface area contributed by atoms with Crippen LogP contribution in [0.2, 0.25) is 10.3 Å². The molecule has 1 aromatic carbocycles. The van der Waals surface area contributed by atoms with Gasteiger partial charge < -0.3 is 15.0 Å². The van der Waals surface area contributed by atoms with Crippen LogP contribution in [0.1, 0.15) is 38.3 Å². The van der Waals surface area contributed by atoms with Crippen molar-refractivity contribution in [3.63, 3.8) is 0 Å². The maximum atomic E-state index is 12.2. The molecule has 1 fully saturated rings. The minimum atomic E-state index is -0.500. The van der Waals surface area contributed by atoms with Crippen LogP contribution in [-0.4, -0.2) is 46.2 Å². The van der Waals surface area contributed by atoms with Crippen LogP contribution in [0.5, 0.6) is 0 Å². The van der Waals surface area contributed by atoms with E-state index in [-0.39, 0.29) is 17.3 Å². The van der Waals surface area contributed by atoms with Gasteiger partial charge in [-0.25, -0.2) is 9.78 Å². The van der Waals surface area contributed by atoms with Gasteiger partial charge in [0.05, 0.1) is 10.6 Å². The van der Waals surface area contributed by atoms with Crippen LogP contribution in [-0.2, 0) is 4.74 Å². The van der Waals surface area contributed by atoms with Crippen molar-refractivity contribution in [3.05, 3.63) is 51.9 Å². The summed E-state index contributed by atoms with van der Waals surface area (Å²) < 4.78 is 5.45. The van der Waals surface area contributed by atoms with E-state index in [2.05, 4.69) is 27.1 Å². The second-order valence-electron chi connectivity index (χ2n) is 8.09. The summed E-state index contributed by atoms with van der Waals surface area (Å²) >= 11 is 12.1. The Morgan fingerprint density at radius 3 is 2.73 bits per heavy atom. The molecule has 1 unspecified atom stereocenters. The smallest absolute Gasteiger partial charge is 0.410 e. The molecule has 3 rings (SSSR count). The minimum Gasteiger partial charge on any atom is -0.444 e. The first-order valence-corrected chi connectivity index (χ1v) is 10.5. The number of aromatic nitrogens is 2. The van der Waals surface area contributed by atoms with Crippen molar-refractivity contribution in [2.45, 2.75) is 32.8 Å². The van der Waals surface area contributed by atoms with Gasteiger partial charge in [-0.2, -0.15) is 4.98 Å². The molecule has 30 heavy (non-hydrogen) atoms. The quantitative estimate of drug-likeness (QED) is 0.538. The van der Waals surface area contributed by atoms with Crippen LogP contribution in [0, 0.1) is 17.8 Å². The Labute approximate surface area is 186 Å². The number of hydrogen-bond acceptors (Lipinski definition) is 5. The predicted octanol–water partition coefficient (Wildman–Crippen LogP) is 4.85. The van der Waals surface area contributed by atoms with E-state index in [4.69, 9.17) is 27.9 Å². The van der Waals surface area contributed by atoms with E-state index < -0.39 is 5.60 Å². The number of amides is 1. The summed E-state index contributed by atoms with van der Waals surface area (Å²) in [6.07, 6.45) is 2.19. The molecule has 0 spiro atoms. The van der Waals surface area contributed by atoms with Gasteiger partial charge in [0.15, 0.2) is 0 Å². The van der Waals surface area contributed by atoms with Crippen molar-refractivity contribution in [1.82, 2.24) is 14.9 Å². The summed E-state index contributed by atoms with van der Waals surface area (Å²) in [6, 6.07) is 7.38. The summed E-state index contributed by atoms with van der Waals surface area (Å²) in [7, 11) is 0. The third kappa shape index (κ3) is 6.25. The summed E-state index contributed by atoms with van der Waals surface area (Å²) in [5, 5.41) is 4.03. The number of nitrogens with one attached hydrogen (secondary N) is 1. The van der Waals surface area contributed by atoms with Crippen LogP contribution < -0.4 is 5.32 Å². The first-order chi connectivity index (χ1) is 14.2. The fraction of sp³-hybridized carbons (Fsp3) is 0.409. The second-order valence-corrected chi connectivity index (χ2v) is 8.84. The van der Waals surface area contributed by atoms with Crippen LogP contribution in [0.4, 0.5) is 10.6 Å². The number of carbonyl (C=O) groups is 1. The topological polar surface area (TPSA) is 67.3 Å². The van der Waals surface area contributed by atoms with Gasteiger partial charge in [-0.15, -0.1) is 0 Å². The second kappa shape index (κ2) is 9.55. The molecular weight excluding hydrogens is 423 g/mol. The number of halogens is 2. The highest BCUT2D eigenvalue weighted by Crippen LogP contribution is 2.21. The minimum absolute atomic E-state index is 0.141. The lowest BCUT2D eigenvalue weighted by atomic mass is 10.1. The van der Waals surface area contributed by atoms with E-state index in [1.807, 2.05) is 39.0 Å². The number of anilines is 1. The maximum Gasteiger partial charge on any atom is 0.410 e. The number of ether oxygens (including phenoxy) is 1. The third-order valence-electron chi connectivity index (χ3n) is 4.46. The molecule has 0 bridgehead atoms. The molecule has 1 N–H and O–H groups in total. The van der Waals surface area contributed by atoms with Gasteiger partial charge in [0.25, 0.3) is 0 Å². The van der Waals surface area contributed by atoms with Crippen molar-refractivity contribution in [1.29, 1.82) is 0 Å². The zero-order valence-electron chi connectivity index (χ0n) is 17.2. The number of likely N-dealkylation sites (tertiary alicyclic amines) is 1. The molecule has 1 saturated heterocycles. The van der Waals surface area contributed by atoms with Crippen LogP contribution in [0.25, 0.3) is 0 Å². The molecule has 6 nitrogen and oxygen atoms in total. The Bertz CT molecular complexity index is 979. The van der Waals surface area contributed by atoms with Crippen molar-refractivity contribution >= 4 is 35.1 Å². The van der Waals surface area contributed by atoms with Crippen molar-refractivity contribution in [2.75, 3.05) is 25.0 Å². The van der Waals surface area contributed by atoms with Gasteiger partial charge in [-0.3, -0.25) is 0 Å². The highest BCUT2D eigenvalue weighted by atomic mass is 35.5. The van der Waals surface area contributed by atoms with E-state index in [9.17, 15) is 4.79 Å². The van der Waals surface area contributed by atoms with E-state index in [0.29, 0.717) is 36.0 Å². The Morgan fingerprint density at radius 2 is 2.00 bits per heavy atom. The average molecular weight is 447 g/mol. The highest BCUT2D eigenvalue weighted by Gasteiger charge is 2.29. The largest absolute Gasteiger partial charge is 0.444 e. The summed E-state index contributed by atoms with van der Waals surface area (Å²) in [6.45, 7) is 7.53. The standard InChI is InChI=1S/C22H24Cl2N4O2/c1-22(2,3)30-21(29)28-11-10-15(14-28)12-25-19-17(13-26-20(24)27-19)9-8-16-6-4-5-7-18(16)23/h4-7,13,15H,10-12,14H2,1-3H3,(H,25,26,27). The lowest BCUT2D eigenvalue weighted by Crippen LogP contribution is -2.35. The Hall–Kier alpha value is -2.49. The average Bonchev–Trinajstić information content (AvgIpc) is 3.15. The fourth-order valence-corrected chi connectivity index (χ4v) is 3.33. The van der Waals surface area contributed by atoms with Crippen LogP contribution in [0.15, 0.2) is 30.5 Å². The van der Waals surface area contributed by atoms with E-state index in [0.717, 1.165) is 12.0 Å². The molecule has 2 heterocycles. The van der Waals surface area contributed by atoms with Gasteiger partial charge in [-0.1, -0.05) is 35.6 Å². The van der Waals surface area contributed by atoms with E-state index >= 15 is 0 Å². The molecule has 0 aliphatic carbocycles. The molecule has 1 aliphatic heterocycles. The van der Waals surface area contributed by atoms with E-state index in [1.54, 1.807) is 17.2 Å². The van der Waals surface area contributed by atoms with E-state index in [1.165, 1.54) is 0 Å². The number of benzene rings is 1. The molecule has 158 valence electrons. The van der Waals surface area contributed by atoms with Crippen LogP contribution >= 0.6 is 23.2 Å². The first kappa shape index (κ1) is 22.2. The van der Waals surface area contributed by atoms with Gasteiger partial charge >= 0.3 is 6.09 Å². The normalized spacial score (nSPS) is 16.0. The predicted molar refractivity (Wildman–Crippen MR) is 119 cm³/mol. The summed E-state index contributed by atoms with van der Waals surface area (Å²) in [5.74, 6) is 6.94. The van der Waals surface area contributed by atoms with Crippen molar-refractivity contribution in [3.8, 4) is 11.8 Å². The zero-order valence-corrected chi connectivity index (χ0v) is 18.7. The molecule has 8 heteroatoms. The molecule has 1 atom stereocenters. The number of rotatable bonds is 3. The van der Waals surface area contributed by atoms with Crippen LogP contribution in [0.3, 0.4) is 0 Å². The number of hydrogen-bond donors (Lipinski definition) is 1. The molecule has 1 amide bonds. The molecule has 2 aromatic rings. The van der Waals surface area contributed by atoms with Crippen molar-refractivity contribution in [2.24, 2.45) is 5.92 Å². The summed E-state index contributed by atoms with van der Waals surface area (Å²) in [4.78, 5) is 22.3. The van der Waals surface area contributed by atoms with Gasteiger partial charge in [0, 0.05) is 31.4 Å². The fourth-order valence-electron chi connectivity index (χ4n) is 3.02. The Balaban J connectivity index is 1.65. The molecule has 0 saturated carbocycles. The lowest BCUT2D eigenvalue weighted by Gasteiger charge is -2.24. The Kier molecular flexibility index (Phi) is 7.06. The maximum absolute atomic E-state index is 12.2. The van der Waals surface area contributed by atoms with Gasteiger partial charge in [0.1, 0.15) is 11.4 Å².